The van der Waals surface area contributed by atoms with Crippen LogP contribution in [0.2, 0.25) is 0 Å². The van der Waals surface area contributed by atoms with Crippen molar-refractivity contribution in [3.63, 3.8) is 0 Å². The fourth-order valence-electron chi connectivity index (χ4n) is 1.76. The highest BCUT2D eigenvalue weighted by Gasteiger charge is 2.31. The quantitative estimate of drug-likeness (QED) is 0.763. The van der Waals surface area contributed by atoms with Crippen molar-refractivity contribution in [1.29, 1.82) is 0 Å². The van der Waals surface area contributed by atoms with Crippen LogP contribution in [0.15, 0.2) is 0 Å². The molecule has 1 fully saturated rings. The van der Waals surface area contributed by atoms with E-state index >= 15 is 0 Å². The smallest absolute Gasteiger partial charge is 0.207 e. The molecule has 15 heavy (non-hydrogen) atoms. The molecule has 0 aliphatic carbocycles. The third-order valence-electron chi connectivity index (χ3n) is 3.01. The van der Waals surface area contributed by atoms with Crippen LogP contribution in [0.25, 0.3) is 0 Å². The summed E-state index contributed by atoms with van der Waals surface area (Å²) in [6, 6.07) is 0. The standard InChI is InChI=1S/C9H16N4S2/c1-9(2)6-13(5-4-12(9)3)7-10-11-8(14)15-7/h4-6H2,1-3H3,(H,11,14). The number of anilines is 1. The van der Waals surface area contributed by atoms with E-state index in [2.05, 4.69) is 40.9 Å². The zero-order valence-electron chi connectivity index (χ0n) is 9.28. The Kier molecular flexibility index (Phi) is 2.83. The normalized spacial score (nSPS) is 21.9. The fourth-order valence-corrected chi connectivity index (χ4v) is 2.66. The van der Waals surface area contributed by atoms with Gasteiger partial charge in [-0.1, -0.05) is 11.3 Å². The summed E-state index contributed by atoms with van der Waals surface area (Å²) in [5.41, 5.74) is 0.200. The summed E-state index contributed by atoms with van der Waals surface area (Å²) in [6.45, 7) is 7.60. The number of rotatable bonds is 1. The molecule has 1 saturated heterocycles. The molecule has 0 saturated carbocycles. The number of nitrogens with one attached hydrogen (secondary N) is 1. The predicted molar refractivity (Wildman–Crippen MR) is 66.2 cm³/mol. The number of hydrogen-bond donors (Lipinski definition) is 1. The molecule has 0 radical (unpaired) electrons. The number of likely N-dealkylation sites (N-methyl/N-ethyl adjacent to an activating group) is 1. The third kappa shape index (κ3) is 2.21. The number of H-pyrrole nitrogens is 1. The molecule has 0 atom stereocenters. The summed E-state index contributed by atoms with van der Waals surface area (Å²) >= 11 is 6.60. The minimum atomic E-state index is 0.200. The summed E-state index contributed by atoms with van der Waals surface area (Å²) in [5, 5.41) is 8.07. The monoisotopic (exact) mass is 244 g/mol. The molecule has 0 amide bonds. The van der Waals surface area contributed by atoms with E-state index < -0.39 is 0 Å². The molecule has 6 heteroatoms. The Bertz CT molecular complexity index is 395. The van der Waals surface area contributed by atoms with E-state index in [1.807, 2.05) is 0 Å². The van der Waals surface area contributed by atoms with Crippen LogP contribution in [-0.2, 0) is 0 Å². The summed E-state index contributed by atoms with van der Waals surface area (Å²) < 4.78 is 0.752. The Hall–Kier alpha value is -0.460. The van der Waals surface area contributed by atoms with Gasteiger partial charge < -0.3 is 4.90 Å². The maximum Gasteiger partial charge on any atom is 0.207 e. The van der Waals surface area contributed by atoms with Crippen LogP contribution in [-0.4, -0.2) is 47.3 Å². The van der Waals surface area contributed by atoms with Gasteiger partial charge in [0.25, 0.3) is 0 Å². The molecular formula is C9H16N4S2. The van der Waals surface area contributed by atoms with E-state index in [0.717, 1.165) is 28.7 Å². The molecule has 1 aromatic heterocycles. The molecule has 0 aromatic carbocycles. The van der Waals surface area contributed by atoms with E-state index in [1.165, 1.54) is 0 Å². The van der Waals surface area contributed by atoms with E-state index in [4.69, 9.17) is 12.2 Å². The maximum absolute atomic E-state index is 5.05. The van der Waals surface area contributed by atoms with Crippen LogP contribution in [0.4, 0.5) is 5.13 Å². The van der Waals surface area contributed by atoms with Gasteiger partial charge in [-0.3, -0.25) is 10.00 Å². The van der Waals surface area contributed by atoms with E-state index in [0.29, 0.717) is 0 Å². The first kappa shape index (κ1) is 11.0. The molecule has 1 aliphatic rings. The molecule has 2 heterocycles. The Balaban J connectivity index is 2.16. The van der Waals surface area contributed by atoms with Gasteiger partial charge >= 0.3 is 0 Å². The van der Waals surface area contributed by atoms with Crippen molar-refractivity contribution < 1.29 is 0 Å². The molecule has 84 valence electrons. The van der Waals surface area contributed by atoms with Crippen molar-refractivity contribution in [2.75, 3.05) is 31.6 Å². The van der Waals surface area contributed by atoms with E-state index in [9.17, 15) is 0 Å². The lowest BCUT2D eigenvalue weighted by atomic mass is 10.0. The largest absolute Gasteiger partial charge is 0.344 e. The number of aromatic nitrogens is 2. The molecule has 1 aromatic rings. The van der Waals surface area contributed by atoms with E-state index in [1.54, 1.807) is 11.3 Å². The van der Waals surface area contributed by atoms with Gasteiger partial charge in [-0.15, -0.1) is 5.10 Å². The van der Waals surface area contributed by atoms with Crippen LogP contribution < -0.4 is 4.90 Å². The number of aromatic amines is 1. The van der Waals surface area contributed by atoms with Gasteiger partial charge in [0.15, 0.2) is 3.95 Å². The van der Waals surface area contributed by atoms with Crippen molar-refractivity contribution in [3.05, 3.63) is 3.95 Å². The summed E-state index contributed by atoms with van der Waals surface area (Å²) in [4.78, 5) is 4.69. The predicted octanol–water partition coefficient (Wildman–Crippen LogP) is 1.73. The van der Waals surface area contributed by atoms with Crippen molar-refractivity contribution in [3.8, 4) is 0 Å². The second-order valence-electron chi connectivity index (χ2n) is 4.55. The first-order valence-corrected chi connectivity index (χ1v) is 6.23. The third-order valence-corrected chi connectivity index (χ3v) is 4.16. The zero-order valence-corrected chi connectivity index (χ0v) is 10.9. The van der Waals surface area contributed by atoms with Gasteiger partial charge in [0.2, 0.25) is 5.13 Å². The van der Waals surface area contributed by atoms with Gasteiger partial charge in [0.1, 0.15) is 0 Å². The Morgan fingerprint density at radius 1 is 1.47 bits per heavy atom. The van der Waals surface area contributed by atoms with Crippen LogP contribution >= 0.6 is 23.6 Å². The molecular weight excluding hydrogens is 228 g/mol. The average molecular weight is 244 g/mol. The zero-order chi connectivity index (χ0) is 11.1. The van der Waals surface area contributed by atoms with Crippen molar-refractivity contribution in [2.24, 2.45) is 0 Å². The van der Waals surface area contributed by atoms with Gasteiger partial charge in [0.05, 0.1) is 0 Å². The van der Waals surface area contributed by atoms with Crippen LogP contribution in [0.5, 0.6) is 0 Å². The lowest BCUT2D eigenvalue weighted by Gasteiger charge is -2.45. The van der Waals surface area contributed by atoms with Gasteiger partial charge in [0, 0.05) is 25.2 Å². The SMILES string of the molecule is CN1CCN(c2n[nH]c(=S)s2)CC1(C)C. The van der Waals surface area contributed by atoms with Crippen LogP contribution in [0.3, 0.4) is 0 Å². The maximum atomic E-state index is 5.05. The average Bonchev–Trinajstić information content (AvgIpc) is 2.57. The second-order valence-corrected chi connectivity index (χ2v) is 6.20. The Morgan fingerprint density at radius 3 is 2.73 bits per heavy atom. The van der Waals surface area contributed by atoms with Crippen molar-refractivity contribution >= 4 is 28.7 Å². The lowest BCUT2D eigenvalue weighted by Crippen LogP contribution is -2.57. The summed E-state index contributed by atoms with van der Waals surface area (Å²) in [5.74, 6) is 0. The molecule has 1 N–H and O–H groups in total. The van der Waals surface area contributed by atoms with Crippen molar-refractivity contribution in [1.82, 2.24) is 15.1 Å². The minimum absolute atomic E-state index is 0.200. The minimum Gasteiger partial charge on any atom is -0.344 e. The summed E-state index contributed by atoms with van der Waals surface area (Å²) in [7, 11) is 2.17. The summed E-state index contributed by atoms with van der Waals surface area (Å²) in [6.07, 6.45) is 0. The highest BCUT2D eigenvalue weighted by Crippen LogP contribution is 2.25. The molecule has 0 spiro atoms. The first-order valence-electron chi connectivity index (χ1n) is 5.01. The topological polar surface area (TPSA) is 35.2 Å². The van der Waals surface area contributed by atoms with Gasteiger partial charge in [-0.2, -0.15) is 0 Å². The van der Waals surface area contributed by atoms with Crippen LogP contribution in [0, 0.1) is 3.95 Å². The molecule has 4 nitrogen and oxygen atoms in total. The Morgan fingerprint density at radius 2 is 2.20 bits per heavy atom. The van der Waals surface area contributed by atoms with Gasteiger partial charge in [-0.25, -0.2) is 0 Å². The fraction of sp³-hybridized carbons (Fsp3) is 0.778. The highest BCUT2D eigenvalue weighted by molar-refractivity contribution is 7.73. The van der Waals surface area contributed by atoms with Crippen molar-refractivity contribution in [2.45, 2.75) is 19.4 Å². The molecule has 2 rings (SSSR count). The van der Waals surface area contributed by atoms with Crippen LogP contribution in [0.1, 0.15) is 13.8 Å². The van der Waals surface area contributed by atoms with Gasteiger partial charge in [-0.05, 0) is 33.1 Å². The highest BCUT2D eigenvalue weighted by atomic mass is 32.1. The molecule has 1 aliphatic heterocycles. The van der Waals surface area contributed by atoms with E-state index in [-0.39, 0.29) is 5.54 Å². The Labute approximate surface area is 98.9 Å². The second kappa shape index (κ2) is 3.84. The molecule has 0 unspecified atom stereocenters. The number of nitrogens with zero attached hydrogens (tertiary/aromatic N) is 3. The number of piperazine rings is 1. The lowest BCUT2D eigenvalue weighted by molar-refractivity contribution is 0.139. The number of hydrogen-bond acceptors (Lipinski definition) is 5. The molecule has 0 bridgehead atoms. The first-order chi connectivity index (χ1) is 6.99.